The normalized spacial score (nSPS) is 23.4. The number of nitrogens with zero attached hydrogens (tertiary/aromatic N) is 2. The topological polar surface area (TPSA) is 44.2 Å². The molecule has 1 saturated heterocycles. The van der Waals surface area contributed by atoms with Crippen LogP contribution in [-0.2, 0) is 9.31 Å². The molecule has 0 amide bonds. The molecule has 0 N–H and O–H groups in total. The second kappa shape index (κ2) is 4.42. The molecule has 1 aliphatic heterocycles. The van der Waals surface area contributed by atoms with E-state index in [1.54, 1.807) is 0 Å². The monoisotopic (exact) mass is 294 g/mol. The van der Waals surface area contributed by atoms with Gasteiger partial charge in [-0.15, -0.1) is 0 Å². The van der Waals surface area contributed by atoms with Crippen molar-refractivity contribution < 1.29 is 14.8 Å². The summed E-state index contributed by atoms with van der Waals surface area (Å²) in [4.78, 5) is 8.00. The van der Waals surface area contributed by atoms with Crippen molar-refractivity contribution in [3.05, 3.63) is 29.5 Å². The van der Waals surface area contributed by atoms with Crippen LogP contribution < -0.4 is 5.59 Å². The average molecular weight is 295 g/mol. The molecule has 0 unspecified atom stereocenters. The average Bonchev–Trinajstić information content (AvgIpc) is 2.67. The fourth-order valence-electron chi connectivity index (χ4n) is 1.86. The summed E-state index contributed by atoms with van der Waals surface area (Å²) in [5.41, 5.74) is -1.10. The van der Waals surface area contributed by atoms with E-state index in [-0.39, 0.29) is 45.9 Å². The molecule has 2 aromatic rings. The number of hydrogen-bond donors (Lipinski definition) is 0. The number of hydrogen-bond acceptors (Lipinski definition) is 4. The highest BCUT2D eigenvalue weighted by atomic mass is 35.5. The first-order valence-corrected chi connectivity index (χ1v) is 6.63. The van der Waals surface area contributed by atoms with E-state index in [9.17, 15) is 0 Å². The van der Waals surface area contributed by atoms with Crippen LogP contribution in [0.15, 0.2) is 24.3 Å². The van der Waals surface area contributed by atoms with Gasteiger partial charge in [0.15, 0.2) is 0 Å². The maximum atomic E-state index is 8.21. The van der Waals surface area contributed by atoms with Crippen LogP contribution in [0.25, 0.3) is 10.9 Å². The Kier molecular flexibility index (Phi) is 2.14. The predicted molar refractivity (Wildman–Crippen MR) is 80.3 cm³/mol. The Hall–Kier alpha value is -1.17. The largest absolute Gasteiger partial charge is 0.514 e. The third-order valence-electron chi connectivity index (χ3n) is 3.75. The van der Waals surface area contributed by atoms with Crippen molar-refractivity contribution in [2.24, 2.45) is 0 Å². The Balaban J connectivity index is 2.24. The van der Waals surface area contributed by atoms with Crippen LogP contribution in [0.5, 0.6) is 0 Å². The van der Waals surface area contributed by atoms with Crippen molar-refractivity contribution in [3.8, 4) is 0 Å². The molecule has 0 saturated carbocycles. The molecule has 104 valence electrons. The Morgan fingerprint density at radius 3 is 2.50 bits per heavy atom. The second-order valence-electron chi connectivity index (χ2n) is 5.70. The summed E-state index contributed by atoms with van der Waals surface area (Å²) in [5, 5.41) is -0.147. The van der Waals surface area contributed by atoms with Gasteiger partial charge < -0.3 is 9.31 Å². The highest BCUT2D eigenvalue weighted by Gasteiger charge is 2.52. The molecular formula is C14H16BClN2O2. The fourth-order valence-corrected chi connectivity index (χ4v) is 1.99. The van der Waals surface area contributed by atoms with Gasteiger partial charge in [0.05, 0.1) is 27.8 Å². The highest BCUT2D eigenvalue weighted by molar-refractivity contribution is 6.61. The van der Waals surface area contributed by atoms with Crippen molar-refractivity contribution in [1.82, 2.24) is 9.97 Å². The zero-order chi connectivity index (χ0) is 18.0. The first-order chi connectivity index (χ1) is 11.0. The van der Waals surface area contributed by atoms with Crippen LogP contribution in [0.2, 0.25) is 5.15 Å². The molecule has 0 bridgehead atoms. The predicted octanol–water partition coefficient (Wildman–Crippen LogP) is 2.58. The smallest absolute Gasteiger partial charge is 0.398 e. The zero-order valence-electron chi connectivity index (χ0n) is 15.7. The lowest BCUT2D eigenvalue weighted by Gasteiger charge is -2.32. The van der Waals surface area contributed by atoms with Gasteiger partial charge in [0, 0.05) is 17.6 Å². The number of rotatable bonds is 1. The van der Waals surface area contributed by atoms with E-state index < -0.39 is 18.3 Å². The summed E-state index contributed by atoms with van der Waals surface area (Å²) < 4.78 is 44.0. The second-order valence-corrected chi connectivity index (χ2v) is 6.06. The summed E-state index contributed by atoms with van der Waals surface area (Å²) >= 11 is 5.86. The van der Waals surface area contributed by atoms with Crippen LogP contribution in [-0.4, -0.2) is 28.3 Å². The SMILES string of the molecule is [2H]c1c(B2OC(C)(C)C(C)(C)O2)nc2c([2H])c(Cl)nc([2H])c2c1[2H]. The van der Waals surface area contributed by atoms with Crippen LogP contribution in [0, 0.1) is 0 Å². The van der Waals surface area contributed by atoms with Crippen LogP contribution in [0.3, 0.4) is 0 Å². The molecule has 20 heavy (non-hydrogen) atoms. The molecule has 3 rings (SSSR count). The van der Waals surface area contributed by atoms with E-state index >= 15 is 0 Å². The third-order valence-corrected chi connectivity index (χ3v) is 3.93. The molecule has 0 aliphatic carbocycles. The molecule has 0 atom stereocenters. The van der Waals surface area contributed by atoms with Gasteiger partial charge in [-0.2, -0.15) is 0 Å². The van der Waals surface area contributed by atoms with Gasteiger partial charge in [-0.3, -0.25) is 4.98 Å². The Bertz CT molecular complexity index is 847. The van der Waals surface area contributed by atoms with Gasteiger partial charge in [0.1, 0.15) is 5.15 Å². The summed E-state index contributed by atoms with van der Waals surface area (Å²) in [5.74, 6) is 0. The van der Waals surface area contributed by atoms with Crippen molar-refractivity contribution in [3.63, 3.8) is 0 Å². The van der Waals surface area contributed by atoms with E-state index in [0.29, 0.717) is 0 Å². The Labute approximate surface area is 129 Å². The molecule has 3 heterocycles. The van der Waals surface area contributed by atoms with Crippen molar-refractivity contribution in [2.75, 3.05) is 0 Å². The minimum atomic E-state index is -0.934. The first-order valence-electron chi connectivity index (χ1n) is 8.25. The molecule has 1 aliphatic rings. The van der Waals surface area contributed by atoms with Gasteiger partial charge >= 0.3 is 7.12 Å². The van der Waals surface area contributed by atoms with Gasteiger partial charge in [0.25, 0.3) is 0 Å². The minimum Gasteiger partial charge on any atom is -0.398 e. The molecule has 6 heteroatoms. The van der Waals surface area contributed by atoms with Gasteiger partial charge in [-0.25, -0.2) is 4.98 Å². The van der Waals surface area contributed by atoms with Gasteiger partial charge in [0.2, 0.25) is 0 Å². The summed E-state index contributed by atoms with van der Waals surface area (Å²) in [6.07, 6.45) is -0.280. The molecule has 0 spiro atoms. The van der Waals surface area contributed by atoms with Gasteiger partial charge in [-0.1, -0.05) is 17.6 Å². The van der Waals surface area contributed by atoms with Crippen molar-refractivity contribution >= 4 is 35.2 Å². The summed E-state index contributed by atoms with van der Waals surface area (Å²) in [6.45, 7) is 7.49. The fraction of sp³-hybridized carbons (Fsp3) is 0.429. The maximum Gasteiger partial charge on any atom is 0.514 e. The molecule has 1 fully saturated rings. The van der Waals surface area contributed by atoms with Crippen molar-refractivity contribution in [2.45, 2.75) is 38.9 Å². The molecule has 2 aromatic heterocycles. The van der Waals surface area contributed by atoms with E-state index in [0.717, 1.165) is 0 Å². The number of pyridine rings is 2. The number of aromatic nitrogens is 2. The molecular weight excluding hydrogens is 274 g/mol. The van der Waals surface area contributed by atoms with E-state index in [4.69, 9.17) is 26.4 Å². The standard InChI is InChI=1S/C14H16BClN2O2/c1-13(2)14(3,4)20-15(19-13)11-6-5-9-8-17-12(16)7-10(9)18-11/h5-8H,1-4H3/i5D,6D,7D,8D. The zero-order valence-corrected chi connectivity index (χ0v) is 12.4. The summed E-state index contributed by atoms with van der Waals surface area (Å²) in [7, 11) is -0.934. The Morgan fingerprint density at radius 1 is 1.20 bits per heavy atom. The molecule has 0 radical (unpaired) electrons. The summed E-state index contributed by atoms with van der Waals surface area (Å²) in [6, 6.07) is -0.640. The number of halogens is 1. The molecule has 4 nitrogen and oxygen atoms in total. The van der Waals surface area contributed by atoms with E-state index in [1.165, 1.54) is 0 Å². The first kappa shape index (κ1) is 9.71. The Morgan fingerprint density at radius 2 is 1.85 bits per heavy atom. The molecule has 0 aromatic carbocycles. The minimum absolute atomic E-state index is 0.0228. The highest BCUT2D eigenvalue weighted by Crippen LogP contribution is 2.36. The van der Waals surface area contributed by atoms with Crippen LogP contribution in [0.1, 0.15) is 33.2 Å². The lowest BCUT2D eigenvalue weighted by Crippen LogP contribution is -2.41. The quantitative estimate of drug-likeness (QED) is 0.599. The van der Waals surface area contributed by atoms with E-state index in [1.807, 2.05) is 27.7 Å². The lowest BCUT2D eigenvalue weighted by atomic mass is 9.84. The van der Waals surface area contributed by atoms with Crippen LogP contribution in [0.4, 0.5) is 0 Å². The number of fused-ring (bicyclic) bond motifs is 1. The van der Waals surface area contributed by atoms with Crippen molar-refractivity contribution in [1.29, 1.82) is 0 Å². The maximum absolute atomic E-state index is 8.21. The van der Waals surface area contributed by atoms with E-state index in [2.05, 4.69) is 9.97 Å². The van der Waals surface area contributed by atoms with Gasteiger partial charge in [-0.05, 0) is 33.7 Å². The lowest BCUT2D eigenvalue weighted by molar-refractivity contribution is 0.00578. The third kappa shape index (κ3) is 2.20. The van der Waals surface area contributed by atoms with Crippen LogP contribution >= 0.6 is 11.6 Å².